The highest BCUT2D eigenvalue weighted by molar-refractivity contribution is 9.10. The van der Waals surface area contributed by atoms with Gasteiger partial charge in [0, 0.05) is 19.2 Å². The lowest BCUT2D eigenvalue weighted by atomic mass is 10.1. The zero-order valence-corrected chi connectivity index (χ0v) is 10.9. The second-order valence-electron chi connectivity index (χ2n) is 4.06. The predicted octanol–water partition coefficient (Wildman–Crippen LogP) is 2.04. The molecule has 0 aromatic carbocycles. The van der Waals surface area contributed by atoms with Crippen molar-refractivity contribution in [3.05, 3.63) is 28.6 Å². The van der Waals surface area contributed by atoms with E-state index in [-0.39, 0.29) is 12.0 Å². The van der Waals surface area contributed by atoms with Crippen LogP contribution in [0, 0.1) is 0 Å². The van der Waals surface area contributed by atoms with Gasteiger partial charge in [-0.15, -0.1) is 0 Å². The number of piperidine rings is 1. The third-order valence-electron chi connectivity index (χ3n) is 2.69. The molecule has 1 aromatic rings. The second kappa shape index (κ2) is 5.51. The number of rotatable bonds is 2. The van der Waals surface area contributed by atoms with Crippen LogP contribution in [0.4, 0.5) is 0 Å². The van der Waals surface area contributed by atoms with Crippen molar-refractivity contribution in [3.63, 3.8) is 0 Å². The first kappa shape index (κ1) is 12.4. The van der Waals surface area contributed by atoms with Crippen molar-refractivity contribution < 1.29 is 14.3 Å². The maximum atomic E-state index is 11.8. The van der Waals surface area contributed by atoms with Gasteiger partial charge in [0.15, 0.2) is 4.67 Å². The highest BCUT2D eigenvalue weighted by Crippen LogP contribution is 2.16. The molecule has 4 nitrogen and oxygen atoms in total. The fourth-order valence-corrected chi connectivity index (χ4v) is 2.15. The zero-order chi connectivity index (χ0) is 12.3. The Kier molecular flexibility index (Phi) is 4.02. The third kappa shape index (κ3) is 3.44. The molecule has 0 saturated carbocycles. The SMILES string of the molecule is O=C(/C=C/c1ccc(Br)o1)N1CCC[C@H](O)C1. The summed E-state index contributed by atoms with van der Waals surface area (Å²) in [5.41, 5.74) is 0. The van der Waals surface area contributed by atoms with Crippen molar-refractivity contribution in [3.8, 4) is 0 Å². The van der Waals surface area contributed by atoms with E-state index in [0.717, 1.165) is 12.8 Å². The van der Waals surface area contributed by atoms with Crippen molar-refractivity contribution >= 4 is 27.9 Å². The number of hydrogen-bond acceptors (Lipinski definition) is 3. The first-order chi connectivity index (χ1) is 8.15. The topological polar surface area (TPSA) is 53.7 Å². The van der Waals surface area contributed by atoms with Gasteiger partial charge >= 0.3 is 0 Å². The molecule has 0 radical (unpaired) electrons. The summed E-state index contributed by atoms with van der Waals surface area (Å²) in [5, 5.41) is 9.47. The van der Waals surface area contributed by atoms with Crippen LogP contribution in [0.1, 0.15) is 18.6 Å². The van der Waals surface area contributed by atoms with Gasteiger partial charge in [-0.1, -0.05) is 0 Å². The number of carbonyl (C=O) groups is 1. The van der Waals surface area contributed by atoms with Gasteiger partial charge in [0.2, 0.25) is 5.91 Å². The van der Waals surface area contributed by atoms with Crippen molar-refractivity contribution in [2.75, 3.05) is 13.1 Å². The van der Waals surface area contributed by atoms with E-state index in [1.807, 2.05) is 0 Å². The molecule has 0 aliphatic carbocycles. The second-order valence-corrected chi connectivity index (χ2v) is 4.84. The van der Waals surface area contributed by atoms with Crippen molar-refractivity contribution in [1.82, 2.24) is 4.90 Å². The number of aliphatic hydroxyl groups excluding tert-OH is 1. The van der Waals surface area contributed by atoms with Crippen LogP contribution in [-0.2, 0) is 4.79 Å². The molecule has 17 heavy (non-hydrogen) atoms. The molecule has 2 heterocycles. The average molecular weight is 300 g/mol. The van der Waals surface area contributed by atoms with Gasteiger partial charge in [-0.25, -0.2) is 0 Å². The number of β-amino-alcohol motifs (C(OH)–C–C–N with tert-alkyl or cyclic N) is 1. The first-order valence-corrected chi connectivity index (χ1v) is 6.35. The smallest absolute Gasteiger partial charge is 0.246 e. The van der Waals surface area contributed by atoms with Crippen LogP contribution in [-0.4, -0.2) is 35.1 Å². The largest absolute Gasteiger partial charge is 0.450 e. The lowest BCUT2D eigenvalue weighted by molar-refractivity contribution is -0.128. The van der Waals surface area contributed by atoms with Gasteiger partial charge in [0.05, 0.1) is 6.10 Å². The fourth-order valence-electron chi connectivity index (χ4n) is 1.83. The quantitative estimate of drug-likeness (QED) is 0.850. The summed E-state index contributed by atoms with van der Waals surface area (Å²) in [5.74, 6) is 0.541. The van der Waals surface area contributed by atoms with E-state index < -0.39 is 0 Å². The monoisotopic (exact) mass is 299 g/mol. The molecule has 92 valence electrons. The van der Waals surface area contributed by atoms with Crippen LogP contribution in [0.25, 0.3) is 6.08 Å². The molecular weight excluding hydrogens is 286 g/mol. The first-order valence-electron chi connectivity index (χ1n) is 5.55. The average Bonchev–Trinajstić information content (AvgIpc) is 2.72. The minimum Gasteiger partial charge on any atom is -0.450 e. The molecule has 5 heteroatoms. The van der Waals surface area contributed by atoms with E-state index >= 15 is 0 Å². The fraction of sp³-hybridized carbons (Fsp3) is 0.417. The third-order valence-corrected chi connectivity index (χ3v) is 3.12. The molecule has 2 rings (SSSR count). The van der Waals surface area contributed by atoms with E-state index in [1.165, 1.54) is 6.08 Å². The molecule has 1 aliphatic heterocycles. The van der Waals surface area contributed by atoms with Gasteiger partial charge in [0.1, 0.15) is 5.76 Å². The van der Waals surface area contributed by atoms with Crippen molar-refractivity contribution in [1.29, 1.82) is 0 Å². The predicted molar refractivity (Wildman–Crippen MR) is 67.3 cm³/mol. The number of nitrogens with zero attached hydrogens (tertiary/aromatic N) is 1. The minimum atomic E-state index is -0.390. The van der Waals surface area contributed by atoms with Crippen molar-refractivity contribution in [2.45, 2.75) is 18.9 Å². The number of aliphatic hydroxyl groups is 1. The Labute approximate surface area is 108 Å². The van der Waals surface area contributed by atoms with Gasteiger partial charge < -0.3 is 14.4 Å². The van der Waals surface area contributed by atoms with Gasteiger partial charge in [-0.3, -0.25) is 4.79 Å². The van der Waals surface area contributed by atoms with E-state index in [0.29, 0.717) is 23.5 Å². The normalized spacial score (nSPS) is 21.1. The van der Waals surface area contributed by atoms with Gasteiger partial charge in [0.25, 0.3) is 0 Å². The number of furan rings is 1. The number of halogens is 1. The number of hydrogen-bond donors (Lipinski definition) is 1. The van der Waals surface area contributed by atoms with E-state index in [4.69, 9.17) is 4.42 Å². The summed E-state index contributed by atoms with van der Waals surface area (Å²) in [7, 11) is 0. The zero-order valence-electron chi connectivity index (χ0n) is 9.30. The Bertz CT molecular complexity index is 427. The molecule has 1 saturated heterocycles. The van der Waals surface area contributed by atoms with Crippen LogP contribution in [0.2, 0.25) is 0 Å². The Hall–Kier alpha value is -1.07. The standard InChI is InChI=1S/C12H14BrNO3/c13-11-5-3-10(17-11)4-6-12(16)14-7-1-2-9(15)8-14/h3-6,9,15H,1-2,7-8H2/b6-4+/t9-/m0/s1. The number of likely N-dealkylation sites (tertiary alicyclic amines) is 1. The summed E-state index contributed by atoms with van der Waals surface area (Å²) in [6.07, 6.45) is 4.35. The lowest BCUT2D eigenvalue weighted by Gasteiger charge is -2.29. The van der Waals surface area contributed by atoms with Gasteiger partial charge in [-0.05, 0) is 47.0 Å². The lowest BCUT2D eigenvalue weighted by Crippen LogP contribution is -2.41. The van der Waals surface area contributed by atoms with E-state index in [1.54, 1.807) is 23.1 Å². The highest BCUT2D eigenvalue weighted by atomic mass is 79.9. The summed E-state index contributed by atoms with van der Waals surface area (Å²) in [6.45, 7) is 1.13. The molecule has 0 unspecified atom stereocenters. The molecule has 1 N–H and O–H groups in total. The molecule has 1 aliphatic rings. The Morgan fingerprint density at radius 2 is 2.41 bits per heavy atom. The molecule has 0 bridgehead atoms. The summed E-state index contributed by atoms with van der Waals surface area (Å²) in [4.78, 5) is 13.5. The number of amides is 1. The Balaban J connectivity index is 1.94. The maximum Gasteiger partial charge on any atom is 0.246 e. The van der Waals surface area contributed by atoms with Crippen molar-refractivity contribution in [2.24, 2.45) is 0 Å². The summed E-state index contributed by atoms with van der Waals surface area (Å²) < 4.78 is 5.89. The molecule has 1 amide bonds. The van der Waals surface area contributed by atoms with E-state index in [9.17, 15) is 9.90 Å². The van der Waals surface area contributed by atoms with Crippen LogP contribution in [0.3, 0.4) is 0 Å². The van der Waals surface area contributed by atoms with E-state index in [2.05, 4.69) is 15.9 Å². The van der Waals surface area contributed by atoms with Crippen LogP contribution in [0.15, 0.2) is 27.3 Å². The molecule has 1 fully saturated rings. The summed E-state index contributed by atoms with van der Waals surface area (Å²) >= 11 is 3.19. The molecule has 1 aromatic heterocycles. The number of carbonyl (C=O) groups excluding carboxylic acids is 1. The molecule has 1 atom stereocenters. The van der Waals surface area contributed by atoms with Crippen LogP contribution in [0.5, 0.6) is 0 Å². The van der Waals surface area contributed by atoms with Gasteiger partial charge in [-0.2, -0.15) is 0 Å². The Morgan fingerprint density at radius 1 is 1.59 bits per heavy atom. The van der Waals surface area contributed by atoms with Crippen LogP contribution >= 0.6 is 15.9 Å². The van der Waals surface area contributed by atoms with Crippen LogP contribution < -0.4 is 0 Å². The molecule has 0 spiro atoms. The highest BCUT2D eigenvalue weighted by Gasteiger charge is 2.20. The minimum absolute atomic E-state index is 0.0868. The molecular formula is C12H14BrNO3. The summed E-state index contributed by atoms with van der Waals surface area (Å²) in [6, 6.07) is 3.55. The maximum absolute atomic E-state index is 11.8. The Morgan fingerprint density at radius 3 is 3.06 bits per heavy atom.